The number of aryl methyl sites for hydroxylation is 1. The Morgan fingerprint density at radius 3 is 2.24 bits per heavy atom. The monoisotopic (exact) mass is 618 g/mol. The number of benzene rings is 2. The van der Waals surface area contributed by atoms with Crippen molar-refractivity contribution in [1.29, 1.82) is 0 Å². The number of hydrogen-bond acceptors (Lipinski definition) is 2. The lowest BCUT2D eigenvalue weighted by atomic mass is 9.32. The Kier molecular flexibility index (Phi) is 7.62. The molecule has 2 aromatic rings. The van der Waals surface area contributed by atoms with Gasteiger partial charge < -0.3 is 4.74 Å². The predicted octanol–water partition coefficient (Wildman–Crippen LogP) is 11.4. The second-order valence-corrected chi connectivity index (χ2v) is 17.8. The Hall–Kier alpha value is -2.61. The number of carbonyl (C=O) groups is 1. The van der Waals surface area contributed by atoms with E-state index in [-0.39, 0.29) is 33.0 Å². The van der Waals surface area contributed by atoms with Gasteiger partial charge >= 0.3 is 5.97 Å². The summed E-state index contributed by atoms with van der Waals surface area (Å²) < 4.78 is 6.23. The molecule has 0 saturated heterocycles. The highest BCUT2D eigenvalue weighted by molar-refractivity contribution is 5.78. The fourth-order valence-electron chi connectivity index (χ4n) is 13.2. The molecule has 4 fully saturated rings. The highest BCUT2D eigenvalue weighted by atomic mass is 16.5. The van der Waals surface area contributed by atoms with E-state index in [1.807, 2.05) is 18.2 Å². The lowest BCUT2D eigenvalue weighted by molar-refractivity contribution is -0.229. The summed E-state index contributed by atoms with van der Waals surface area (Å²) in [6, 6.07) is 19.5. The predicted molar refractivity (Wildman–Crippen MR) is 190 cm³/mol. The molecule has 0 heterocycles. The average Bonchev–Trinajstić information content (AvgIpc) is 3.43. The molecular weight excluding hydrogens is 560 g/mol. The van der Waals surface area contributed by atoms with Crippen molar-refractivity contribution in [1.82, 2.24) is 0 Å². The SMILES string of the molecule is C=C(C)[C@@H]1CC[C@]2(C(=O)OCc3ccccc3)CC[C@]3(C)[C@H](CC[C@@H]4[C@@]5(C)CC=C(c6ccc(C)cc6)C(C)(C)[C@@H]5CC[C@]43C)[C@@H]12. The van der Waals surface area contributed by atoms with Crippen LogP contribution >= 0.6 is 0 Å². The minimum Gasteiger partial charge on any atom is -0.460 e. The first kappa shape index (κ1) is 32.0. The van der Waals surface area contributed by atoms with E-state index in [1.54, 1.807) is 5.57 Å². The van der Waals surface area contributed by atoms with Gasteiger partial charge in [0.1, 0.15) is 6.61 Å². The molecule has 0 spiro atoms. The second-order valence-electron chi connectivity index (χ2n) is 17.8. The van der Waals surface area contributed by atoms with Crippen molar-refractivity contribution in [3.63, 3.8) is 0 Å². The molecule has 46 heavy (non-hydrogen) atoms. The van der Waals surface area contributed by atoms with Crippen LogP contribution in [0, 0.1) is 63.6 Å². The van der Waals surface area contributed by atoms with Crippen molar-refractivity contribution in [2.24, 2.45) is 56.7 Å². The van der Waals surface area contributed by atoms with E-state index in [1.165, 1.54) is 48.8 Å². The summed E-state index contributed by atoms with van der Waals surface area (Å²) in [6.45, 7) is 22.4. The molecule has 0 unspecified atom stereocenters. The van der Waals surface area contributed by atoms with Gasteiger partial charge in [0.2, 0.25) is 0 Å². The van der Waals surface area contributed by atoms with E-state index in [2.05, 4.69) is 97.5 Å². The summed E-state index contributed by atoms with van der Waals surface area (Å²) >= 11 is 0. The minimum atomic E-state index is -0.370. The normalized spacial score (nSPS) is 40.8. The molecule has 0 radical (unpaired) electrons. The molecule has 9 atom stereocenters. The Balaban J connectivity index is 1.21. The molecular formula is C44H58O2. The maximum atomic E-state index is 14.3. The lowest BCUT2D eigenvalue weighted by Crippen LogP contribution is -2.66. The molecule has 2 aromatic carbocycles. The van der Waals surface area contributed by atoms with Gasteiger partial charge in [0.15, 0.2) is 0 Å². The van der Waals surface area contributed by atoms with Crippen LogP contribution in [0.4, 0.5) is 0 Å². The first-order valence-corrected chi connectivity index (χ1v) is 18.4. The van der Waals surface area contributed by atoms with E-state index in [9.17, 15) is 4.79 Å². The quantitative estimate of drug-likeness (QED) is 0.246. The highest BCUT2D eigenvalue weighted by Crippen LogP contribution is 2.77. The maximum Gasteiger partial charge on any atom is 0.312 e. The summed E-state index contributed by atoms with van der Waals surface area (Å²) in [6.07, 6.45) is 13.1. The van der Waals surface area contributed by atoms with Crippen molar-refractivity contribution >= 4 is 11.5 Å². The van der Waals surface area contributed by atoms with Crippen molar-refractivity contribution in [3.8, 4) is 0 Å². The van der Waals surface area contributed by atoms with Crippen LogP contribution in [0.15, 0.2) is 72.8 Å². The third-order valence-corrected chi connectivity index (χ3v) is 15.6. The first-order chi connectivity index (χ1) is 21.8. The summed E-state index contributed by atoms with van der Waals surface area (Å²) in [7, 11) is 0. The number of fused-ring (bicyclic) bond motifs is 7. The molecule has 0 amide bonds. The van der Waals surface area contributed by atoms with Gasteiger partial charge in [-0.3, -0.25) is 4.79 Å². The fraction of sp³-hybridized carbons (Fsp3) is 0.614. The molecule has 0 aromatic heterocycles. The zero-order valence-electron chi connectivity index (χ0n) is 29.8. The fourth-order valence-corrected chi connectivity index (χ4v) is 13.2. The third kappa shape index (κ3) is 4.43. The van der Waals surface area contributed by atoms with Crippen LogP contribution in [0.25, 0.3) is 5.57 Å². The number of rotatable bonds is 5. The molecule has 4 saturated carbocycles. The van der Waals surface area contributed by atoms with E-state index in [0.29, 0.717) is 36.2 Å². The van der Waals surface area contributed by atoms with Gasteiger partial charge in [-0.15, -0.1) is 0 Å². The van der Waals surface area contributed by atoms with E-state index >= 15 is 0 Å². The van der Waals surface area contributed by atoms with Gasteiger partial charge in [0.25, 0.3) is 0 Å². The van der Waals surface area contributed by atoms with Gasteiger partial charge in [-0.25, -0.2) is 0 Å². The molecule has 5 aliphatic carbocycles. The number of hydrogen-bond donors (Lipinski definition) is 0. The lowest BCUT2D eigenvalue weighted by Gasteiger charge is -2.72. The molecule has 246 valence electrons. The Morgan fingerprint density at radius 2 is 1.54 bits per heavy atom. The topological polar surface area (TPSA) is 26.3 Å². The van der Waals surface area contributed by atoms with Gasteiger partial charge in [0.05, 0.1) is 5.41 Å². The zero-order chi connectivity index (χ0) is 32.7. The summed E-state index contributed by atoms with van der Waals surface area (Å²) in [5.74, 6) is 2.71. The van der Waals surface area contributed by atoms with Crippen LogP contribution in [0.3, 0.4) is 0 Å². The van der Waals surface area contributed by atoms with Crippen LogP contribution in [0.5, 0.6) is 0 Å². The van der Waals surface area contributed by atoms with Gasteiger partial charge in [-0.2, -0.15) is 0 Å². The highest BCUT2D eigenvalue weighted by Gasteiger charge is 2.71. The van der Waals surface area contributed by atoms with Crippen molar-refractivity contribution in [2.75, 3.05) is 0 Å². The van der Waals surface area contributed by atoms with Crippen LogP contribution in [-0.4, -0.2) is 5.97 Å². The first-order valence-electron chi connectivity index (χ1n) is 18.4. The van der Waals surface area contributed by atoms with E-state index in [4.69, 9.17) is 4.74 Å². The Bertz CT molecular complexity index is 1530. The number of carbonyl (C=O) groups excluding carboxylic acids is 1. The molecule has 0 bridgehead atoms. The molecule has 0 N–H and O–H groups in total. The molecule has 2 heteroatoms. The Morgan fingerprint density at radius 1 is 0.826 bits per heavy atom. The van der Waals surface area contributed by atoms with Crippen molar-refractivity contribution in [3.05, 3.63) is 89.5 Å². The smallest absolute Gasteiger partial charge is 0.312 e. The third-order valence-electron chi connectivity index (χ3n) is 15.6. The van der Waals surface area contributed by atoms with Gasteiger partial charge in [-0.1, -0.05) is 113 Å². The van der Waals surface area contributed by atoms with Gasteiger partial charge in [0, 0.05) is 0 Å². The van der Waals surface area contributed by atoms with Crippen LogP contribution < -0.4 is 0 Å². The number of allylic oxidation sites excluding steroid dienone is 3. The Labute approximate surface area is 279 Å². The number of esters is 1. The van der Waals surface area contributed by atoms with Crippen LogP contribution in [-0.2, 0) is 16.1 Å². The largest absolute Gasteiger partial charge is 0.460 e. The maximum absolute atomic E-state index is 14.3. The standard InChI is InChI=1S/C44H58O2/c1-29(2)33-20-25-44(39(45)46-28-31-12-10-9-11-13-31)27-26-42(7)35(38(33)44)18-19-37-41(6)23-21-34(32-16-14-30(3)15-17-32)40(4,5)36(41)22-24-43(37,42)8/h9-17,21,33,35-38H,1,18-20,22-28H2,2-8H3/t33-,35+,36-,37+,38+,41-,42+,43+,44-/m0/s1. The summed E-state index contributed by atoms with van der Waals surface area (Å²) in [5.41, 5.74) is 7.18. The number of ether oxygens (including phenoxy) is 1. The van der Waals surface area contributed by atoms with E-state index < -0.39 is 0 Å². The zero-order valence-corrected chi connectivity index (χ0v) is 29.8. The minimum absolute atomic E-state index is 0.0675. The molecule has 7 rings (SSSR count). The molecule has 0 aliphatic heterocycles. The van der Waals surface area contributed by atoms with Crippen molar-refractivity contribution < 1.29 is 9.53 Å². The van der Waals surface area contributed by atoms with Gasteiger partial charge in [-0.05, 0) is 140 Å². The van der Waals surface area contributed by atoms with Crippen LogP contribution in [0.1, 0.15) is 116 Å². The average molecular weight is 619 g/mol. The second kappa shape index (κ2) is 11.0. The van der Waals surface area contributed by atoms with Crippen LogP contribution in [0.2, 0.25) is 0 Å². The summed E-state index contributed by atoms with van der Waals surface area (Å²) in [4.78, 5) is 14.3. The van der Waals surface area contributed by atoms with Crippen molar-refractivity contribution in [2.45, 2.75) is 113 Å². The molecule has 5 aliphatic rings. The summed E-state index contributed by atoms with van der Waals surface area (Å²) in [5, 5.41) is 0. The van der Waals surface area contributed by atoms with E-state index in [0.717, 1.165) is 31.2 Å². The molecule has 2 nitrogen and oxygen atoms in total.